The normalized spacial score (nSPS) is 12.3. The van der Waals surface area contributed by atoms with Gasteiger partial charge in [-0.15, -0.1) is 11.3 Å². The number of rotatable bonds is 8. The fourth-order valence-corrected chi connectivity index (χ4v) is 3.23. The Morgan fingerprint density at radius 3 is 2.38 bits per heavy atom. The lowest BCUT2D eigenvalue weighted by atomic mass is 10.1. The van der Waals surface area contributed by atoms with E-state index in [-0.39, 0.29) is 31.1 Å². The number of amides is 2. The third-order valence-corrected chi connectivity index (χ3v) is 4.64. The number of nitrogens with one attached hydrogen (secondary N) is 1. The Morgan fingerprint density at radius 1 is 1.12 bits per heavy atom. The number of carbonyl (C=O) groups excluding carboxylic acids is 2. The zero-order valence-corrected chi connectivity index (χ0v) is 14.8. The summed E-state index contributed by atoms with van der Waals surface area (Å²) in [5.74, 6) is -0.568. The van der Waals surface area contributed by atoms with Gasteiger partial charge in [0.1, 0.15) is 0 Å². The number of hydrogen-bond acceptors (Lipinski definition) is 4. The number of nitrogens with zero attached hydrogens (tertiary/aromatic N) is 1. The zero-order chi connectivity index (χ0) is 17.5. The summed E-state index contributed by atoms with van der Waals surface area (Å²) in [5.41, 5.74) is 6.29. The van der Waals surface area contributed by atoms with Crippen molar-refractivity contribution in [2.75, 3.05) is 13.1 Å². The second-order valence-corrected chi connectivity index (χ2v) is 6.87. The first-order valence-corrected chi connectivity index (χ1v) is 8.75. The third kappa shape index (κ3) is 5.18. The molecule has 1 heterocycles. The minimum Gasteiger partial charge on any atom is -0.369 e. The Bertz CT molecular complexity index is 656. The lowest BCUT2D eigenvalue weighted by Gasteiger charge is -2.26. The van der Waals surface area contributed by atoms with Crippen LogP contribution < -0.4 is 11.1 Å². The highest BCUT2D eigenvalue weighted by Gasteiger charge is 2.21. The fraction of sp³-hybridized carbons (Fsp3) is 0.333. The molecule has 1 aromatic carbocycles. The van der Waals surface area contributed by atoms with Crippen molar-refractivity contribution in [1.29, 1.82) is 0 Å². The first-order chi connectivity index (χ1) is 11.5. The van der Waals surface area contributed by atoms with Crippen LogP contribution in [0.4, 0.5) is 0 Å². The standard InChI is InChI=1S/C18H23N3O2S/c1-13(2)21(11-16(19)22)12-17(23)20-18(15-9-6-10-24-15)14-7-4-3-5-8-14/h3-10,13,18H,11-12H2,1-2H3,(H2,19,22)(H,20,23)/t18-/m0/s1. The molecule has 0 saturated carbocycles. The van der Waals surface area contributed by atoms with Gasteiger partial charge in [0.2, 0.25) is 11.8 Å². The van der Waals surface area contributed by atoms with Gasteiger partial charge in [-0.05, 0) is 30.9 Å². The molecule has 0 aliphatic heterocycles. The van der Waals surface area contributed by atoms with Crippen LogP contribution in [0.15, 0.2) is 47.8 Å². The summed E-state index contributed by atoms with van der Waals surface area (Å²) in [4.78, 5) is 26.5. The Labute approximate surface area is 146 Å². The van der Waals surface area contributed by atoms with Crippen LogP contribution in [0.1, 0.15) is 30.3 Å². The maximum absolute atomic E-state index is 12.5. The smallest absolute Gasteiger partial charge is 0.234 e. The summed E-state index contributed by atoms with van der Waals surface area (Å²) >= 11 is 1.60. The lowest BCUT2D eigenvalue weighted by Crippen LogP contribution is -2.45. The van der Waals surface area contributed by atoms with E-state index in [9.17, 15) is 9.59 Å². The van der Waals surface area contributed by atoms with E-state index >= 15 is 0 Å². The van der Waals surface area contributed by atoms with Crippen molar-refractivity contribution in [1.82, 2.24) is 10.2 Å². The Morgan fingerprint density at radius 2 is 1.83 bits per heavy atom. The van der Waals surface area contributed by atoms with Crippen LogP contribution in [0.2, 0.25) is 0 Å². The highest BCUT2D eigenvalue weighted by molar-refractivity contribution is 7.10. The van der Waals surface area contributed by atoms with E-state index in [4.69, 9.17) is 5.73 Å². The number of thiophene rings is 1. The summed E-state index contributed by atoms with van der Waals surface area (Å²) in [6.07, 6.45) is 0. The van der Waals surface area contributed by atoms with Crippen molar-refractivity contribution in [3.63, 3.8) is 0 Å². The van der Waals surface area contributed by atoms with Gasteiger partial charge in [-0.25, -0.2) is 0 Å². The quantitative estimate of drug-likeness (QED) is 0.770. The lowest BCUT2D eigenvalue weighted by molar-refractivity contribution is -0.125. The maximum atomic E-state index is 12.5. The molecule has 0 fully saturated rings. The van der Waals surface area contributed by atoms with Crippen molar-refractivity contribution in [3.05, 3.63) is 58.3 Å². The second-order valence-electron chi connectivity index (χ2n) is 5.89. The van der Waals surface area contributed by atoms with Gasteiger partial charge in [0.15, 0.2) is 0 Å². The molecule has 0 aliphatic carbocycles. The maximum Gasteiger partial charge on any atom is 0.234 e. The van der Waals surface area contributed by atoms with E-state index in [0.29, 0.717) is 0 Å². The predicted octanol–water partition coefficient (Wildman–Crippen LogP) is 2.15. The molecule has 6 heteroatoms. The van der Waals surface area contributed by atoms with E-state index in [1.165, 1.54) is 0 Å². The molecule has 3 N–H and O–H groups in total. The summed E-state index contributed by atoms with van der Waals surface area (Å²) in [5, 5.41) is 5.06. The largest absolute Gasteiger partial charge is 0.369 e. The van der Waals surface area contributed by atoms with Crippen LogP contribution in [-0.2, 0) is 9.59 Å². The highest BCUT2D eigenvalue weighted by atomic mass is 32.1. The summed E-state index contributed by atoms with van der Waals surface area (Å²) in [6, 6.07) is 13.7. The van der Waals surface area contributed by atoms with Crippen molar-refractivity contribution < 1.29 is 9.59 Å². The minimum atomic E-state index is -0.436. The number of primary amides is 1. The number of nitrogens with two attached hydrogens (primary N) is 1. The van der Waals surface area contributed by atoms with Crippen molar-refractivity contribution in [2.24, 2.45) is 5.73 Å². The van der Waals surface area contributed by atoms with Gasteiger partial charge in [-0.3, -0.25) is 14.5 Å². The summed E-state index contributed by atoms with van der Waals surface area (Å²) < 4.78 is 0. The molecular weight excluding hydrogens is 322 g/mol. The molecule has 1 atom stereocenters. The van der Waals surface area contributed by atoms with Gasteiger partial charge in [0.05, 0.1) is 19.1 Å². The van der Waals surface area contributed by atoms with Gasteiger partial charge in [0, 0.05) is 10.9 Å². The zero-order valence-electron chi connectivity index (χ0n) is 13.9. The van der Waals surface area contributed by atoms with Gasteiger partial charge < -0.3 is 11.1 Å². The SMILES string of the molecule is CC(C)N(CC(N)=O)CC(=O)N[C@@H](c1ccccc1)c1cccs1. The number of carbonyl (C=O) groups is 2. The molecule has 0 unspecified atom stereocenters. The monoisotopic (exact) mass is 345 g/mol. The van der Waals surface area contributed by atoms with Crippen LogP contribution in [0.25, 0.3) is 0 Å². The Kier molecular flexibility index (Phi) is 6.52. The van der Waals surface area contributed by atoms with Crippen LogP contribution >= 0.6 is 11.3 Å². The summed E-state index contributed by atoms with van der Waals surface area (Å²) in [6.45, 7) is 4.07. The highest BCUT2D eigenvalue weighted by Crippen LogP contribution is 2.25. The van der Waals surface area contributed by atoms with E-state index in [1.54, 1.807) is 16.2 Å². The van der Waals surface area contributed by atoms with Crippen LogP contribution in [-0.4, -0.2) is 35.8 Å². The molecular formula is C18H23N3O2S. The van der Waals surface area contributed by atoms with E-state index < -0.39 is 5.91 Å². The van der Waals surface area contributed by atoms with Gasteiger partial charge >= 0.3 is 0 Å². The van der Waals surface area contributed by atoms with Crippen LogP contribution in [0.3, 0.4) is 0 Å². The van der Waals surface area contributed by atoms with Crippen LogP contribution in [0, 0.1) is 0 Å². The topological polar surface area (TPSA) is 75.4 Å². The molecule has 0 radical (unpaired) electrons. The van der Waals surface area contributed by atoms with Crippen molar-refractivity contribution in [2.45, 2.75) is 25.9 Å². The molecule has 0 aliphatic rings. The molecule has 5 nitrogen and oxygen atoms in total. The molecule has 0 spiro atoms. The minimum absolute atomic E-state index is 0.0557. The molecule has 2 amide bonds. The van der Waals surface area contributed by atoms with Crippen molar-refractivity contribution in [3.8, 4) is 0 Å². The average Bonchev–Trinajstić information content (AvgIpc) is 3.06. The van der Waals surface area contributed by atoms with Gasteiger partial charge in [-0.1, -0.05) is 36.4 Å². The molecule has 24 heavy (non-hydrogen) atoms. The van der Waals surface area contributed by atoms with E-state index in [0.717, 1.165) is 10.4 Å². The Balaban J connectivity index is 2.12. The summed E-state index contributed by atoms with van der Waals surface area (Å²) in [7, 11) is 0. The third-order valence-electron chi connectivity index (χ3n) is 3.70. The fourth-order valence-electron chi connectivity index (χ4n) is 2.43. The van der Waals surface area contributed by atoms with Gasteiger partial charge in [0.25, 0.3) is 0 Å². The van der Waals surface area contributed by atoms with Crippen LogP contribution in [0.5, 0.6) is 0 Å². The van der Waals surface area contributed by atoms with E-state index in [1.807, 2.05) is 61.7 Å². The molecule has 2 rings (SSSR count). The average molecular weight is 345 g/mol. The van der Waals surface area contributed by atoms with Gasteiger partial charge in [-0.2, -0.15) is 0 Å². The number of benzene rings is 1. The first-order valence-electron chi connectivity index (χ1n) is 7.87. The second kappa shape index (κ2) is 8.61. The molecule has 1 aromatic heterocycles. The molecule has 0 saturated heterocycles. The molecule has 128 valence electrons. The number of hydrogen-bond donors (Lipinski definition) is 2. The molecule has 0 bridgehead atoms. The Hall–Kier alpha value is -2.18. The first kappa shape index (κ1) is 18.2. The predicted molar refractivity (Wildman–Crippen MR) is 96.7 cm³/mol. The van der Waals surface area contributed by atoms with Crippen molar-refractivity contribution >= 4 is 23.2 Å². The van der Waals surface area contributed by atoms with E-state index in [2.05, 4.69) is 5.32 Å². The molecule has 2 aromatic rings.